The molecule has 5 heteroatoms. The van der Waals surface area contributed by atoms with Crippen molar-refractivity contribution in [3.05, 3.63) is 52.3 Å². The second kappa shape index (κ2) is 5.17. The van der Waals surface area contributed by atoms with Gasteiger partial charge in [-0.1, -0.05) is 47.1 Å². The number of hydrogen-bond donors (Lipinski definition) is 1. The number of anilines is 1. The zero-order chi connectivity index (χ0) is 12.4. The first-order valence-corrected chi connectivity index (χ1v) is 6.32. The van der Waals surface area contributed by atoms with Crippen LogP contribution in [0.15, 0.2) is 46.2 Å². The Labute approximate surface area is 113 Å². The lowest BCUT2D eigenvalue weighted by Crippen LogP contribution is -1.91. The largest absolute Gasteiger partial charge is 0.398 e. The summed E-state index contributed by atoms with van der Waals surface area (Å²) in [6.07, 6.45) is 0. The van der Waals surface area contributed by atoms with Crippen molar-refractivity contribution in [3.8, 4) is 0 Å². The molecule has 0 aliphatic heterocycles. The summed E-state index contributed by atoms with van der Waals surface area (Å²) in [7, 11) is 0. The summed E-state index contributed by atoms with van der Waals surface area (Å²) in [5.41, 5.74) is 6.07. The molecule has 17 heavy (non-hydrogen) atoms. The number of rotatable bonds is 2. The highest BCUT2D eigenvalue weighted by Gasteiger charge is 2.09. The van der Waals surface area contributed by atoms with Crippen LogP contribution in [-0.4, -0.2) is 0 Å². The van der Waals surface area contributed by atoms with Crippen molar-refractivity contribution in [2.45, 2.75) is 9.79 Å². The summed E-state index contributed by atoms with van der Waals surface area (Å²) >= 11 is 13.1. The van der Waals surface area contributed by atoms with Gasteiger partial charge in [0.2, 0.25) is 0 Å². The summed E-state index contributed by atoms with van der Waals surface area (Å²) in [5.74, 6) is -0.521. The molecule has 0 saturated carbocycles. The normalized spacial score (nSPS) is 10.5. The molecule has 0 saturated heterocycles. The molecule has 88 valence electrons. The first kappa shape index (κ1) is 12.6. The third-order valence-corrected chi connectivity index (χ3v) is 3.99. The van der Waals surface area contributed by atoms with E-state index in [1.807, 2.05) is 18.2 Å². The van der Waals surface area contributed by atoms with Gasteiger partial charge in [-0.25, -0.2) is 4.39 Å². The van der Waals surface area contributed by atoms with Crippen molar-refractivity contribution in [1.82, 2.24) is 0 Å². The molecule has 0 spiro atoms. The van der Waals surface area contributed by atoms with Crippen LogP contribution >= 0.6 is 35.0 Å². The summed E-state index contributed by atoms with van der Waals surface area (Å²) in [4.78, 5) is 1.54. The Morgan fingerprint density at radius 1 is 1.00 bits per heavy atom. The van der Waals surface area contributed by atoms with E-state index in [-0.39, 0.29) is 5.02 Å². The van der Waals surface area contributed by atoms with E-state index in [1.165, 1.54) is 23.9 Å². The number of nitrogens with two attached hydrogens (primary N) is 1. The standard InChI is InChI=1S/C12H8Cl2FNS/c13-7-3-1-2-4-11(7)17-12-5-8(14)9(15)6-10(12)16/h1-6H,16H2. The molecule has 2 rings (SSSR count). The van der Waals surface area contributed by atoms with Crippen molar-refractivity contribution >= 4 is 40.7 Å². The predicted molar refractivity (Wildman–Crippen MR) is 71.4 cm³/mol. The van der Waals surface area contributed by atoms with Gasteiger partial charge in [0, 0.05) is 15.5 Å². The summed E-state index contributed by atoms with van der Waals surface area (Å²) in [5, 5.41) is 0.672. The third-order valence-electron chi connectivity index (χ3n) is 2.11. The van der Waals surface area contributed by atoms with Crippen LogP contribution in [0.2, 0.25) is 10.0 Å². The monoisotopic (exact) mass is 287 g/mol. The number of nitrogen functional groups attached to an aromatic ring is 1. The molecular formula is C12H8Cl2FNS. The zero-order valence-electron chi connectivity index (χ0n) is 8.58. The molecule has 2 N–H and O–H groups in total. The predicted octanol–water partition coefficient (Wildman–Crippen LogP) is 4.87. The van der Waals surface area contributed by atoms with E-state index < -0.39 is 5.82 Å². The van der Waals surface area contributed by atoms with E-state index in [4.69, 9.17) is 28.9 Å². The Balaban J connectivity index is 2.37. The van der Waals surface area contributed by atoms with E-state index in [0.29, 0.717) is 15.6 Å². The average Bonchev–Trinajstić information content (AvgIpc) is 2.29. The minimum absolute atomic E-state index is 0.0498. The molecule has 2 aromatic rings. The molecule has 0 unspecified atom stereocenters. The molecule has 0 fully saturated rings. The van der Waals surface area contributed by atoms with Crippen molar-refractivity contribution in [1.29, 1.82) is 0 Å². The van der Waals surface area contributed by atoms with Gasteiger partial charge in [-0.15, -0.1) is 0 Å². The molecular weight excluding hydrogens is 280 g/mol. The van der Waals surface area contributed by atoms with Gasteiger partial charge in [0.1, 0.15) is 5.82 Å². The molecule has 0 heterocycles. The van der Waals surface area contributed by atoms with Gasteiger partial charge in [0.15, 0.2) is 0 Å². The fourth-order valence-electron chi connectivity index (χ4n) is 1.28. The quantitative estimate of drug-likeness (QED) is 0.798. The van der Waals surface area contributed by atoms with Crippen molar-refractivity contribution < 1.29 is 4.39 Å². The Morgan fingerprint density at radius 3 is 2.41 bits per heavy atom. The molecule has 1 nitrogen and oxygen atoms in total. The molecule has 0 bridgehead atoms. The van der Waals surface area contributed by atoms with E-state index >= 15 is 0 Å². The number of benzene rings is 2. The van der Waals surface area contributed by atoms with Crippen LogP contribution < -0.4 is 5.73 Å². The van der Waals surface area contributed by atoms with Crippen molar-refractivity contribution in [2.24, 2.45) is 0 Å². The lowest BCUT2D eigenvalue weighted by molar-refractivity contribution is 0.628. The van der Waals surface area contributed by atoms with E-state index in [0.717, 1.165) is 4.90 Å². The number of halogens is 3. The Morgan fingerprint density at radius 2 is 1.71 bits per heavy atom. The van der Waals surface area contributed by atoms with Gasteiger partial charge in [-0.05, 0) is 24.3 Å². The summed E-state index contributed by atoms with van der Waals surface area (Å²) in [6, 6.07) is 10.1. The van der Waals surface area contributed by atoms with Crippen LogP contribution in [0, 0.1) is 5.82 Å². The molecule has 0 aromatic heterocycles. The SMILES string of the molecule is Nc1cc(F)c(Cl)cc1Sc1ccccc1Cl. The third kappa shape index (κ3) is 2.86. The molecule has 0 radical (unpaired) electrons. The fraction of sp³-hybridized carbons (Fsp3) is 0. The molecule has 0 aliphatic carbocycles. The highest BCUT2D eigenvalue weighted by atomic mass is 35.5. The maximum Gasteiger partial charge on any atom is 0.143 e. The average molecular weight is 288 g/mol. The van der Waals surface area contributed by atoms with Crippen LogP contribution in [-0.2, 0) is 0 Å². The Kier molecular flexibility index (Phi) is 3.82. The fourth-order valence-corrected chi connectivity index (χ4v) is 2.66. The van der Waals surface area contributed by atoms with E-state index in [9.17, 15) is 4.39 Å². The Bertz CT molecular complexity index is 560. The van der Waals surface area contributed by atoms with E-state index in [2.05, 4.69) is 0 Å². The number of hydrogen-bond acceptors (Lipinski definition) is 2. The second-order valence-electron chi connectivity index (χ2n) is 3.34. The van der Waals surface area contributed by atoms with Crippen LogP contribution in [0.1, 0.15) is 0 Å². The maximum atomic E-state index is 13.1. The van der Waals surface area contributed by atoms with Gasteiger partial charge in [-0.3, -0.25) is 0 Å². The highest BCUT2D eigenvalue weighted by Crippen LogP contribution is 2.38. The molecule has 0 atom stereocenters. The highest BCUT2D eigenvalue weighted by molar-refractivity contribution is 7.99. The van der Waals surface area contributed by atoms with Gasteiger partial charge < -0.3 is 5.73 Å². The van der Waals surface area contributed by atoms with Crippen LogP contribution in [0.25, 0.3) is 0 Å². The van der Waals surface area contributed by atoms with Gasteiger partial charge in [0.25, 0.3) is 0 Å². The second-order valence-corrected chi connectivity index (χ2v) is 5.23. The molecule has 0 amide bonds. The Hall–Kier alpha value is -0.900. The lowest BCUT2D eigenvalue weighted by Gasteiger charge is -2.07. The smallest absolute Gasteiger partial charge is 0.143 e. The molecule has 2 aromatic carbocycles. The van der Waals surface area contributed by atoms with Crippen molar-refractivity contribution in [3.63, 3.8) is 0 Å². The van der Waals surface area contributed by atoms with Gasteiger partial charge in [0.05, 0.1) is 10.0 Å². The van der Waals surface area contributed by atoms with Crippen LogP contribution in [0.5, 0.6) is 0 Å². The summed E-state index contributed by atoms with van der Waals surface area (Å²) in [6.45, 7) is 0. The topological polar surface area (TPSA) is 26.0 Å². The first-order chi connectivity index (χ1) is 8.08. The van der Waals surface area contributed by atoms with Gasteiger partial charge >= 0.3 is 0 Å². The minimum atomic E-state index is -0.521. The minimum Gasteiger partial charge on any atom is -0.398 e. The zero-order valence-corrected chi connectivity index (χ0v) is 10.9. The van der Waals surface area contributed by atoms with Crippen LogP contribution in [0.3, 0.4) is 0 Å². The van der Waals surface area contributed by atoms with Crippen LogP contribution in [0.4, 0.5) is 10.1 Å². The van der Waals surface area contributed by atoms with E-state index in [1.54, 1.807) is 6.07 Å². The van der Waals surface area contributed by atoms with Crippen molar-refractivity contribution in [2.75, 3.05) is 5.73 Å². The maximum absolute atomic E-state index is 13.1. The van der Waals surface area contributed by atoms with Gasteiger partial charge in [-0.2, -0.15) is 0 Å². The first-order valence-electron chi connectivity index (χ1n) is 4.75. The summed E-state index contributed by atoms with van der Waals surface area (Å²) < 4.78 is 13.1. The lowest BCUT2D eigenvalue weighted by atomic mass is 10.3. The molecule has 0 aliphatic rings.